The molecule has 0 aliphatic carbocycles. The molecule has 1 aliphatic rings. The zero-order valence-electron chi connectivity index (χ0n) is 13.2. The third kappa shape index (κ3) is 3.27. The summed E-state index contributed by atoms with van der Waals surface area (Å²) in [6, 6.07) is 10.3. The first-order chi connectivity index (χ1) is 11.5. The predicted molar refractivity (Wildman–Crippen MR) is 94.6 cm³/mol. The molecule has 2 unspecified atom stereocenters. The molecule has 0 bridgehead atoms. The maximum Gasteiger partial charge on any atom is 0.320 e. The zero-order valence-corrected chi connectivity index (χ0v) is 14.8. The fourth-order valence-corrected chi connectivity index (χ4v) is 3.73. The lowest BCUT2D eigenvalue weighted by atomic mass is 9.99. The van der Waals surface area contributed by atoms with Crippen molar-refractivity contribution in [2.24, 2.45) is 0 Å². The summed E-state index contributed by atoms with van der Waals surface area (Å²) in [5, 5.41) is 10.5. The molecule has 0 saturated carbocycles. The standard InChI is InChI=1S/C18H18Cl2N2O2/c1-11-5-2-8-14(21-11)17(12-6-3-7-13(19)16(12)20)22-10-4-9-15(22)18(23)24/h2-3,5-8,15,17H,4,9-10H2,1H3,(H,23,24). The van der Waals surface area contributed by atoms with Crippen molar-refractivity contribution in [1.29, 1.82) is 0 Å². The van der Waals surface area contributed by atoms with Crippen molar-refractivity contribution >= 4 is 29.2 Å². The van der Waals surface area contributed by atoms with Gasteiger partial charge in [-0.25, -0.2) is 0 Å². The van der Waals surface area contributed by atoms with Crippen LogP contribution in [-0.4, -0.2) is 33.5 Å². The molecule has 2 aromatic rings. The van der Waals surface area contributed by atoms with E-state index in [0.29, 0.717) is 23.0 Å². The van der Waals surface area contributed by atoms with E-state index in [1.165, 1.54) is 0 Å². The van der Waals surface area contributed by atoms with Crippen molar-refractivity contribution in [1.82, 2.24) is 9.88 Å². The van der Waals surface area contributed by atoms with Crippen molar-refractivity contribution in [2.75, 3.05) is 6.54 Å². The summed E-state index contributed by atoms with van der Waals surface area (Å²) in [4.78, 5) is 18.3. The van der Waals surface area contributed by atoms with Crippen LogP contribution in [0, 0.1) is 6.92 Å². The van der Waals surface area contributed by atoms with Crippen LogP contribution in [-0.2, 0) is 4.79 Å². The van der Waals surface area contributed by atoms with Crippen LogP contribution < -0.4 is 0 Å². The number of aromatic nitrogens is 1. The summed E-state index contributed by atoms with van der Waals surface area (Å²) in [6.07, 6.45) is 1.45. The number of nitrogens with zero attached hydrogens (tertiary/aromatic N) is 2. The van der Waals surface area contributed by atoms with Crippen LogP contribution in [0.15, 0.2) is 36.4 Å². The second-order valence-corrected chi connectivity index (χ2v) is 6.77. The largest absolute Gasteiger partial charge is 0.480 e. The highest BCUT2D eigenvalue weighted by molar-refractivity contribution is 6.42. The summed E-state index contributed by atoms with van der Waals surface area (Å²) >= 11 is 12.6. The highest BCUT2D eigenvalue weighted by Gasteiger charge is 2.38. The Morgan fingerprint density at radius 1 is 1.29 bits per heavy atom. The molecular formula is C18H18Cl2N2O2. The summed E-state index contributed by atoms with van der Waals surface area (Å²) in [6.45, 7) is 2.60. The molecule has 3 rings (SSSR count). The number of hydrogen-bond donors (Lipinski definition) is 1. The molecule has 1 saturated heterocycles. The van der Waals surface area contributed by atoms with E-state index in [9.17, 15) is 9.90 Å². The van der Waals surface area contributed by atoms with Gasteiger partial charge in [-0.15, -0.1) is 0 Å². The number of carboxylic acids is 1. The molecule has 0 radical (unpaired) electrons. The Balaban J connectivity index is 2.14. The van der Waals surface area contributed by atoms with Gasteiger partial charge in [-0.2, -0.15) is 0 Å². The molecule has 0 spiro atoms. The number of rotatable bonds is 4. The minimum absolute atomic E-state index is 0.334. The molecule has 1 fully saturated rings. The van der Waals surface area contributed by atoms with E-state index in [4.69, 9.17) is 23.2 Å². The fourth-order valence-electron chi connectivity index (χ4n) is 3.32. The molecule has 1 N–H and O–H groups in total. The molecule has 1 aliphatic heterocycles. The van der Waals surface area contributed by atoms with Crippen molar-refractivity contribution in [3.8, 4) is 0 Å². The van der Waals surface area contributed by atoms with Crippen LogP contribution in [0.25, 0.3) is 0 Å². The number of halogens is 2. The van der Waals surface area contributed by atoms with Crippen LogP contribution in [0.4, 0.5) is 0 Å². The van der Waals surface area contributed by atoms with Gasteiger partial charge in [0.25, 0.3) is 0 Å². The number of carboxylic acid groups (broad SMARTS) is 1. The first-order valence-electron chi connectivity index (χ1n) is 7.85. The van der Waals surface area contributed by atoms with Gasteiger partial charge in [0.15, 0.2) is 0 Å². The Bertz CT molecular complexity index is 766. The highest BCUT2D eigenvalue weighted by atomic mass is 35.5. The number of pyridine rings is 1. The molecule has 0 amide bonds. The minimum Gasteiger partial charge on any atom is -0.480 e. The van der Waals surface area contributed by atoms with Gasteiger partial charge in [0.2, 0.25) is 0 Å². The van der Waals surface area contributed by atoms with Crippen molar-refractivity contribution < 1.29 is 9.90 Å². The third-order valence-electron chi connectivity index (χ3n) is 4.38. The molecule has 1 aromatic heterocycles. The normalized spacial score (nSPS) is 19.4. The Kier molecular flexibility index (Phi) is 5.09. The molecular weight excluding hydrogens is 347 g/mol. The molecule has 2 atom stereocenters. The topological polar surface area (TPSA) is 53.4 Å². The predicted octanol–water partition coefficient (Wildman–Crippen LogP) is 4.34. The number of hydrogen-bond acceptors (Lipinski definition) is 3. The monoisotopic (exact) mass is 364 g/mol. The van der Waals surface area contributed by atoms with Gasteiger partial charge in [0.05, 0.1) is 21.8 Å². The van der Waals surface area contributed by atoms with E-state index in [2.05, 4.69) is 4.98 Å². The van der Waals surface area contributed by atoms with Gasteiger partial charge in [-0.3, -0.25) is 14.7 Å². The van der Waals surface area contributed by atoms with Gasteiger partial charge in [-0.05, 0) is 43.5 Å². The summed E-state index contributed by atoms with van der Waals surface area (Å²) in [7, 11) is 0. The van der Waals surface area contributed by atoms with E-state index in [-0.39, 0.29) is 6.04 Å². The Morgan fingerprint density at radius 3 is 2.75 bits per heavy atom. The smallest absolute Gasteiger partial charge is 0.320 e. The SMILES string of the molecule is Cc1cccc(C(c2cccc(Cl)c2Cl)N2CCCC2C(=O)O)n1. The fraction of sp³-hybridized carbons (Fsp3) is 0.333. The van der Waals surface area contributed by atoms with Crippen molar-refractivity contribution in [3.63, 3.8) is 0 Å². The molecule has 2 heterocycles. The first-order valence-corrected chi connectivity index (χ1v) is 8.60. The average Bonchev–Trinajstić information content (AvgIpc) is 3.01. The first kappa shape index (κ1) is 17.2. The van der Waals surface area contributed by atoms with Crippen LogP contribution in [0.1, 0.15) is 35.8 Å². The number of carbonyl (C=O) groups is 1. The third-order valence-corrected chi connectivity index (χ3v) is 5.21. The average molecular weight is 365 g/mol. The molecule has 1 aromatic carbocycles. The van der Waals surface area contributed by atoms with Gasteiger partial charge < -0.3 is 5.11 Å². The maximum atomic E-state index is 11.7. The maximum absolute atomic E-state index is 11.7. The summed E-state index contributed by atoms with van der Waals surface area (Å²) < 4.78 is 0. The lowest BCUT2D eigenvalue weighted by Crippen LogP contribution is -2.39. The number of benzene rings is 1. The minimum atomic E-state index is -0.816. The van der Waals surface area contributed by atoms with E-state index < -0.39 is 12.0 Å². The van der Waals surface area contributed by atoms with E-state index >= 15 is 0 Å². The number of aliphatic carboxylic acids is 1. The molecule has 4 nitrogen and oxygen atoms in total. The van der Waals surface area contributed by atoms with Crippen LogP contribution in [0.2, 0.25) is 10.0 Å². The molecule has 126 valence electrons. The Morgan fingerprint density at radius 2 is 2.04 bits per heavy atom. The van der Waals surface area contributed by atoms with Crippen molar-refractivity contribution in [3.05, 3.63) is 63.4 Å². The second-order valence-electron chi connectivity index (χ2n) is 5.98. The Hall–Kier alpha value is -1.62. The molecule has 6 heteroatoms. The lowest BCUT2D eigenvalue weighted by Gasteiger charge is -2.32. The number of aryl methyl sites for hydroxylation is 1. The lowest BCUT2D eigenvalue weighted by molar-refractivity contribution is -0.142. The van der Waals surface area contributed by atoms with Gasteiger partial charge in [0.1, 0.15) is 6.04 Å². The summed E-state index contributed by atoms with van der Waals surface area (Å²) in [5.41, 5.74) is 2.45. The zero-order chi connectivity index (χ0) is 17.3. The van der Waals surface area contributed by atoms with Gasteiger partial charge >= 0.3 is 5.97 Å². The van der Waals surface area contributed by atoms with E-state index in [1.54, 1.807) is 6.07 Å². The van der Waals surface area contributed by atoms with E-state index in [0.717, 1.165) is 23.4 Å². The van der Waals surface area contributed by atoms with Crippen molar-refractivity contribution in [2.45, 2.75) is 31.8 Å². The van der Waals surface area contributed by atoms with Gasteiger partial charge in [-0.1, -0.05) is 41.4 Å². The van der Waals surface area contributed by atoms with Crippen LogP contribution in [0.5, 0.6) is 0 Å². The second kappa shape index (κ2) is 7.09. The highest BCUT2D eigenvalue weighted by Crippen LogP contribution is 2.39. The van der Waals surface area contributed by atoms with Gasteiger partial charge in [0, 0.05) is 12.2 Å². The summed E-state index contributed by atoms with van der Waals surface area (Å²) in [5.74, 6) is -0.816. The van der Waals surface area contributed by atoms with Crippen LogP contribution >= 0.6 is 23.2 Å². The quantitative estimate of drug-likeness (QED) is 0.876. The Labute approximate surface area is 151 Å². The number of likely N-dealkylation sites (tertiary alicyclic amines) is 1. The van der Waals surface area contributed by atoms with Crippen LogP contribution in [0.3, 0.4) is 0 Å². The van der Waals surface area contributed by atoms with E-state index in [1.807, 2.05) is 42.2 Å². The molecule has 24 heavy (non-hydrogen) atoms.